The third-order valence-corrected chi connectivity index (χ3v) is 5.76. The van der Waals surface area contributed by atoms with Crippen LogP contribution in [0.25, 0.3) is 17.2 Å². The Morgan fingerprint density at radius 3 is 1.96 bits per heavy atom. The van der Waals surface area contributed by atoms with Gasteiger partial charge in [-0.15, -0.1) is 0 Å². The summed E-state index contributed by atoms with van der Waals surface area (Å²) in [7, 11) is 0. The summed E-state index contributed by atoms with van der Waals surface area (Å²) < 4.78 is 0. The summed E-state index contributed by atoms with van der Waals surface area (Å²) in [6.45, 7) is 18.5. The molecule has 2 aromatic carbocycles. The van der Waals surface area contributed by atoms with E-state index in [1.54, 1.807) is 0 Å². The van der Waals surface area contributed by atoms with E-state index in [4.69, 9.17) is 0 Å². The van der Waals surface area contributed by atoms with Crippen LogP contribution in [0.4, 0.5) is 0 Å². The molecule has 0 aromatic heterocycles. The number of rotatable bonds is 3. The quantitative estimate of drug-likeness (QED) is 0.522. The average molecular weight is 361 g/mol. The van der Waals surface area contributed by atoms with Crippen molar-refractivity contribution in [3.8, 4) is 11.1 Å². The summed E-state index contributed by atoms with van der Waals surface area (Å²) >= 11 is 0. The third-order valence-electron chi connectivity index (χ3n) is 5.76. The molecule has 0 fully saturated rings. The minimum Gasteiger partial charge on any atom is -0.0683 e. The average Bonchev–Trinajstić information content (AvgIpc) is 2.93. The highest BCUT2D eigenvalue weighted by molar-refractivity contribution is 5.83. The van der Waals surface area contributed by atoms with Crippen LogP contribution in [0.3, 0.4) is 0 Å². The molecule has 0 saturated heterocycles. The molecule has 1 aliphatic carbocycles. The monoisotopic (exact) mass is 360 g/mol. The summed E-state index contributed by atoms with van der Waals surface area (Å²) in [5.74, 6) is 0. The first-order valence-corrected chi connectivity index (χ1v) is 10.5. The number of aryl methyl sites for hydroxylation is 1. The van der Waals surface area contributed by atoms with Crippen molar-refractivity contribution in [3.63, 3.8) is 0 Å². The Morgan fingerprint density at radius 2 is 1.44 bits per heavy atom. The van der Waals surface area contributed by atoms with Crippen molar-refractivity contribution in [1.82, 2.24) is 0 Å². The Morgan fingerprint density at radius 1 is 0.852 bits per heavy atom. The lowest BCUT2D eigenvalue weighted by atomic mass is 9.78. The topological polar surface area (TPSA) is 0 Å². The molecule has 0 N–H and O–H groups in total. The maximum absolute atomic E-state index is 2.45. The summed E-state index contributed by atoms with van der Waals surface area (Å²) in [6, 6.07) is 12.1. The van der Waals surface area contributed by atoms with Crippen molar-refractivity contribution in [2.24, 2.45) is 0 Å². The second-order valence-corrected chi connectivity index (χ2v) is 10.4. The predicted molar refractivity (Wildman–Crippen MR) is 121 cm³/mol. The Bertz CT molecular complexity index is 847. The number of fused-ring (bicyclic) bond motifs is 1. The Kier molecular flexibility index (Phi) is 5.14. The van der Waals surface area contributed by atoms with Crippen molar-refractivity contribution in [2.45, 2.75) is 85.5 Å². The van der Waals surface area contributed by atoms with Gasteiger partial charge in [0.2, 0.25) is 0 Å². The zero-order valence-electron chi connectivity index (χ0n) is 18.6. The molecule has 0 nitrogen and oxygen atoms in total. The van der Waals surface area contributed by atoms with Crippen LogP contribution in [-0.2, 0) is 23.7 Å². The van der Waals surface area contributed by atoms with Gasteiger partial charge in [0.05, 0.1) is 0 Å². The number of hydrogen-bond acceptors (Lipinski definition) is 0. The fourth-order valence-corrected chi connectivity index (χ4v) is 4.08. The zero-order chi connectivity index (χ0) is 20.0. The number of allylic oxidation sites excluding steroid dienone is 1. The molecule has 0 heterocycles. The van der Waals surface area contributed by atoms with Gasteiger partial charge >= 0.3 is 0 Å². The maximum atomic E-state index is 2.45. The van der Waals surface area contributed by atoms with Crippen LogP contribution in [0.5, 0.6) is 0 Å². The first kappa shape index (κ1) is 19.9. The van der Waals surface area contributed by atoms with E-state index in [9.17, 15) is 0 Å². The van der Waals surface area contributed by atoms with Gasteiger partial charge in [-0.05, 0) is 69.5 Å². The molecule has 1 aliphatic rings. The van der Waals surface area contributed by atoms with Gasteiger partial charge in [-0.2, -0.15) is 0 Å². The fourth-order valence-electron chi connectivity index (χ4n) is 4.08. The third kappa shape index (κ3) is 4.05. The number of hydrogen-bond donors (Lipinski definition) is 0. The van der Waals surface area contributed by atoms with E-state index >= 15 is 0 Å². The molecule has 0 atom stereocenters. The fraction of sp³-hybridized carbons (Fsp3) is 0.481. The van der Waals surface area contributed by atoms with E-state index in [1.807, 2.05) is 0 Å². The highest BCUT2D eigenvalue weighted by Crippen LogP contribution is 2.40. The zero-order valence-corrected chi connectivity index (χ0v) is 18.6. The van der Waals surface area contributed by atoms with E-state index in [-0.39, 0.29) is 10.8 Å². The van der Waals surface area contributed by atoms with Crippen molar-refractivity contribution in [2.75, 3.05) is 0 Å². The molecule has 144 valence electrons. The molecule has 0 saturated carbocycles. The standard InChI is InChI=1S/C27H36/c1-9-10-19-11-12-20-13-18(2)14-24(20)25(19)21-15-22(26(3,4)5)17-23(16-21)27(6,7)8/h11-12,14-17H,9-10,13H2,1-8H3. The van der Waals surface area contributed by atoms with Gasteiger partial charge in [-0.1, -0.05) is 96.9 Å². The summed E-state index contributed by atoms with van der Waals surface area (Å²) in [6.07, 6.45) is 5.84. The maximum Gasteiger partial charge on any atom is -0.00604 e. The minimum absolute atomic E-state index is 0.143. The van der Waals surface area contributed by atoms with Crippen LogP contribution in [0.15, 0.2) is 35.9 Å². The van der Waals surface area contributed by atoms with Gasteiger partial charge in [0.15, 0.2) is 0 Å². The lowest BCUT2D eigenvalue weighted by Gasteiger charge is -2.27. The molecule has 27 heavy (non-hydrogen) atoms. The van der Waals surface area contributed by atoms with Crippen LogP contribution in [0, 0.1) is 0 Å². The van der Waals surface area contributed by atoms with Gasteiger partial charge in [-0.3, -0.25) is 0 Å². The normalized spacial score (nSPS) is 14.3. The van der Waals surface area contributed by atoms with Crippen molar-refractivity contribution in [1.29, 1.82) is 0 Å². The van der Waals surface area contributed by atoms with Gasteiger partial charge in [-0.25, -0.2) is 0 Å². The van der Waals surface area contributed by atoms with Crippen LogP contribution in [0.1, 0.15) is 89.6 Å². The SMILES string of the molecule is CCCc1ccc2c(c1-c1cc(C(C)(C)C)cc(C(C)(C)C)c1)C=C(C)C2. The Labute approximate surface area is 166 Å². The van der Waals surface area contributed by atoms with Crippen molar-refractivity contribution >= 4 is 6.08 Å². The Balaban J connectivity index is 2.32. The molecule has 0 amide bonds. The van der Waals surface area contributed by atoms with E-state index in [1.165, 1.54) is 50.9 Å². The summed E-state index contributed by atoms with van der Waals surface area (Å²) in [4.78, 5) is 0. The molecule has 0 heteroatoms. The minimum atomic E-state index is 0.143. The molecule has 3 rings (SSSR count). The molecule has 0 unspecified atom stereocenters. The van der Waals surface area contributed by atoms with Crippen molar-refractivity contribution in [3.05, 3.63) is 63.7 Å². The van der Waals surface area contributed by atoms with Crippen LogP contribution in [-0.4, -0.2) is 0 Å². The van der Waals surface area contributed by atoms with Gasteiger partial charge in [0, 0.05) is 0 Å². The Hall–Kier alpha value is -1.82. The van der Waals surface area contributed by atoms with Crippen molar-refractivity contribution < 1.29 is 0 Å². The summed E-state index contributed by atoms with van der Waals surface area (Å²) in [5.41, 5.74) is 11.9. The highest BCUT2D eigenvalue weighted by atomic mass is 14.3. The lowest BCUT2D eigenvalue weighted by Crippen LogP contribution is -2.16. The highest BCUT2D eigenvalue weighted by Gasteiger charge is 2.24. The largest absolute Gasteiger partial charge is 0.0683 e. The smallest absolute Gasteiger partial charge is 0.00604 e. The van der Waals surface area contributed by atoms with E-state index in [2.05, 4.69) is 91.8 Å². The van der Waals surface area contributed by atoms with Crippen LogP contribution >= 0.6 is 0 Å². The second kappa shape index (κ2) is 6.97. The van der Waals surface area contributed by atoms with Gasteiger partial charge in [0.1, 0.15) is 0 Å². The first-order valence-electron chi connectivity index (χ1n) is 10.5. The molecule has 2 aromatic rings. The molecular formula is C27H36. The van der Waals surface area contributed by atoms with Crippen LogP contribution < -0.4 is 0 Å². The van der Waals surface area contributed by atoms with E-state index in [0.29, 0.717) is 0 Å². The molecule has 0 radical (unpaired) electrons. The second-order valence-electron chi connectivity index (χ2n) is 10.4. The van der Waals surface area contributed by atoms with Crippen LogP contribution in [0.2, 0.25) is 0 Å². The molecule has 0 spiro atoms. The van der Waals surface area contributed by atoms with E-state index < -0.39 is 0 Å². The van der Waals surface area contributed by atoms with Gasteiger partial charge < -0.3 is 0 Å². The summed E-state index contributed by atoms with van der Waals surface area (Å²) in [5, 5.41) is 0. The lowest BCUT2D eigenvalue weighted by molar-refractivity contribution is 0.569. The molecular weight excluding hydrogens is 324 g/mol. The molecule has 0 bridgehead atoms. The van der Waals surface area contributed by atoms with E-state index in [0.717, 1.165) is 12.8 Å². The number of benzene rings is 2. The first-order chi connectivity index (χ1) is 12.5. The predicted octanol–water partition coefficient (Wildman–Crippen LogP) is 7.86. The van der Waals surface area contributed by atoms with Gasteiger partial charge in [0.25, 0.3) is 0 Å². The molecule has 0 aliphatic heterocycles.